The van der Waals surface area contributed by atoms with Crippen molar-refractivity contribution in [3.8, 4) is 0 Å². The van der Waals surface area contributed by atoms with E-state index in [1.54, 1.807) is 64.2 Å². The van der Waals surface area contributed by atoms with Crippen molar-refractivity contribution in [2.75, 3.05) is 6.54 Å². The van der Waals surface area contributed by atoms with E-state index in [1.165, 1.54) is 44.9 Å². The minimum absolute atomic E-state index is 0.631. The van der Waals surface area contributed by atoms with Gasteiger partial charge in [-0.25, -0.2) is 0 Å². The Morgan fingerprint density at radius 3 is 2.21 bits per heavy atom. The molecule has 0 amide bonds. The molecule has 4 saturated carbocycles. The molecular formula is C27H45N. The molecule has 0 aromatic rings. The minimum atomic E-state index is 0.631. The molecule has 4 fully saturated rings. The summed E-state index contributed by atoms with van der Waals surface area (Å²) in [7, 11) is 0. The molecule has 0 saturated heterocycles. The Hall–Kier alpha value is -0.330. The van der Waals surface area contributed by atoms with Crippen molar-refractivity contribution in [3.63, 3.8) is 0 Å². The third kappa shape index (κ3) is 3.85. The van der Waals surface area contributed by atoms with Gasteiger partial charge in [0.15, 0.2) is 0 Å². The Kier molecular flexibility index (Phi) is 5.65. The summed E-state index contributed by atoms with van der Waals surface area (Å²) in [6, 6.07) is 0. The summed E-state index contributed by atoms with van der Waals surface area (Å²) in [6.07, 6.45) is 28.2. The van der Waals surface area contributed by atoms with E-state index < -0.39 is 0 Å². The van der Waals surface area contributed by atoms with E-state index in [-0.39, 0.29) is 0 Å². The fourth-order valence-electron chi connectivity index (χ4n) is 8.70. The zero-order valence-electron chi connectivity index (χ0n) is 18.6. The van der Waals surface area contributed by atoms with Crippen molar-refractivity contribution >= 4 is 6.21 Å². The van der Waals surface area contributed by atoms with Crippen LogP contribution in [-0.2, 0) is 0 Å². The Morgan fingerprint density at radius 1 is 0.679 bits per heavy atom. The van der Waals surface area contributed by atoms with E-state index in [1.807, 2.05) is 0 Å². The van der Waals surface area contributed by atoms with E-state index in [2.05, 4.69) is 18.1 Å². The molecule has 1 nitrogen and oxygen atoms in total. The molecule has 28 heavy (non-hydrogen) atoms. The third-order valence-electron chi connectivity index (χ3n) is 10.6. The topological polar surface area (TPSA) is 12.4 Å². The molecule has 0 aromatic heterocycles. The first-order chi connectivity index (χ1) is 13.7. The van der Waals surface area contributed by atoms with Gasteiger partial charge in [0, 0.05) is 6.54 Å². The zero-order valence-corrected chi connectivity index (χ0v) is 18.6. The maximum absolute atomic E-state index is 4.57. The number of hydrogen-bond donors (Lipinski definition) is 0. The molecule has 5 rings (SSSR count). The Bertz CT molecular complexity index is 541. The van der Waals surface area contributed by atoms with Crippen molar-refractivity contribution in [3.05, 3.63) is 0 Å². The highest BCUT2D eigenvalue weighted by Crippen LogP contribution is 2.57. The van der Waals surface area contributed by atoms with Gasteiger partial charge in [0.1, 0.15) is 0 Å². The van der Waals surface area contributed by atoms with Gasteiger partial charge in [0.25, 0.3) is 0 Å². The maximum Gasteiger partial charge on any atom is 0.0445 e. The molecule has 2 spiro atoms. The molecule has 0 aromatic carbocycles. The highest BCUT2D eigenvalue weighted by Gasteiger charge is 2.49. The second-order valence-corrected chi connectivity index (χ2v) is 12.2. The van der Waals surface area contributed by atoms with Gasteiger partial charge >= 0.3 is 0 Å². The Morgan fingerprint density at radius 2 is 1.43 bits per heavy atom. The van der Waals surface area contributed by atoms with E-state index in [4.69, 9.17) is 0 Å². The quantitative estimate of drug-likeness (QED) is 0.431. The molecule has 0 radical (unpaired) electrons. The lowest BCUT2D eigenvalue weighted by molar-refractivity contribution is 0.0143. The van der Waals surface area contributed by atoms with Crippen molar-refractivity contribution < 1.29 is 0 Å². The summed E-state index contributed by atoms with van der Waals surface area (Å²) in [6.45, 7) is 3.75. The van der Waals surface area contributed by atoms with Crippen LogP contribution in [0.5, 0.6) is 0 Å². The fraction of sp³-hybridized carbons (Fsp3) is 0.963. The van der Waals surface area contributed by atoms with Gasteiger partial charge in [0.05, 0.1) is 0 Å². The number of nitrogens with zero attached hydrogens (tertiary/aromatic N) is 1. The predicted octanol–water partition coefficient (Wildman–Crippen LogP) is 7.83. The first-order valence-electron chi connectivity index (χ1n) is 13.2. The fourth-order valence-corrected chi connectivity index (χ4v) is 8.70. The molecule has 5 aliphatic rings. The lowest BCUT2D eigenvalue weighted by Crippen LogP contribution is -2.42. The van der Waals surface area contributed by atoms with Crippen LogP contribution in [-0.4, -0.2) is 12.8 Å². The molecule has 1 heteroatoms. The lowest BCUT2D eigenvalue weighted by atomic mass is 9.55. The monoisotopic (exact) mass is 383 g/mol. The van der Waals surface area contributed by atoms with Crippen molar-refractivity contribution in [1.82, 2.24) is 0 Å². The van der Waals surface area contributed by atoms with Crippen LogP contribution in [0.1, 0.15) is 116 Å². The molecular weight excluding hydrogens is 338 g/mol. The summed E-state index contributed by atoms with van der Waals surface area (Å²) in [5.41, 5.74) is 1.42. The van der Waals surface area contributed by atoms with Crippen LogP contribution in [0, 0.1) is 40.4 Å². The molecule has 4 atom stereocenters. The second kappa shape index (κ2) is 8.07. The number of rotatable bonds is 2. The standard InChI is InChI=1S/C27H45N/c1-21-7-8-23(9-10-25(21)24-18-27(19-24)16-17-28-20-27)22-6-5-14-26(15-11-22)12-3-2-4-13-26/h17,21-25H,2-16,18-20H2,1H3. The maximum atomic E-state index is 4.57. The van der Waals surface area contributed by atoms with Gasteiger partial charge in [-0.1, -0.05) is 45.4 Å². The van der Waals surface area contributed by atoms with Crippen molar-refractivity contribution in [1.29, 1.82) is 0 Å². The molecule has 0 N–H and O–H groups in total. The van der Waals surface area contributed by atoms with Gasteiger partial charge in [-0.15, -0.1) is 0 Å². The van der Waals surface area contributed by atoms with E-state index in [0.29, 0.717) is 5.41 Å². The van der Waals surface area contributed by atoms with Crippen molar-refractivity contribution in [2.45, 2.75) is 116 Å². The van der Waals surface area contributed by atoms with Crippen LogP contribution in [0.3, 0.4) is 0 Å². The number of hydrogen-bond acceptors (Lipinski definition) is 1. The second-order valence-electron chi connectivity index (χ2n) is 12.2. The van der Waals surface area contributed by atoms with Crippen LogP contribution in [0.25, 0.3) is 0 Å². The summed E-state index contributed by atoms with van der Waals surface area (Å²) in [5.74, 6) is 5.19. The first-order valence-corrected chi connectivity index (χ1v) is 13.2. The Labute approximate surface area is 174 Å². The normalized spacial score (nSPS) is 46.2. The SMILES string of the molecule is CC1CCC(C2CCCC3(CCCCC3)CC2)CCC1C1CC2(CC=NC2)C1. The van der Waals surface area contributed by atoms with Gasteiger partial charge in [-0.2, -0.15) is 0 Å². The summed E-state index contributed by atoms with van der Waals surface area (Å²) in [5, 5.41) is 0. The molecule has 4 unspecified atom stereocenters. The van der Waals surface area contributed by atoms with Crippen molar-refractivity contribution in [2.24, 2.45) is 45.4 Å². The van der Waals surface area contributed by atoms with Crippen LogP contribution in [0.4, 0.5) is 0 Å². The first kappa shape index (κ1) is 19.6. The highest BCUT2D eigenvalue weighted by atomic mass is 14.8. The molecule has 0 bridgehead atoms. The van der Waals surface area contributed by atoms with E-state index in [9.17, 15) is 0 Å². The van der Waals surface area contributed by atoms with Crippen LogP contribution < -0.4 is 0 Å². The van der Waals surface area contributed by atoms with Gasteiger partial charge in [-0.3, -0.25) is 4.99 Å². The smallest absolute Gasteiger partial charge is 0.0445 e. The highest BCUT2D eigenvalue weighted by molar-refractivity contribution is 5.61. The minimum Gasteiger partial charge on any atom is -0.297 e. The largest absolute Gasteiger partial charge is 0.297 e. The van der Waals surface area contributed by atoms with Gasteiger partial charge in [0.2, 0.25) is 0 Å². The van der Waals surface area contributed by atoms with E-state index in [0.717, 1.165) is 41.5 Å². The average molecular weight is 384 g/mol. The van der Waals surface area contributed by atoms with Crippen LogP contribution in [0.2, 0.25) is 0 Å². The zero-order chi connectivity index (χ0) is 19.0. The van der Waals surface area contributed by atoms with Gasteiger partial charge < -0.3 is 0 Å². The summed E-state index contributed by atoms with van der Waals surface area (Å²) < 4.78 is 0. The van der Waals surface area contributed by atoms with Gasteiger partial charge in [-0.05, 0) is 117 Å². The van der Waals surface area contributed by atoms with Crippen LogP contribution in [0.15, 0.2) is 4.99 Å². The molecule has 1 heterocycles. The lowest BCUT2D eigenvalue weighted by Gasteiger charge is -2.49. The summed E-state index contributed by atoms with van der Waals surface area (Å²) >= 11 is 0. The predicted molar refractivity (Wildman–Crippen MR) is 120 cm³/mol. The molecule has 1 aliphatic heterocycles. The number of aliphatic imine (C=N–C) groups is 1. The Balaban J connectivity index is 1.15. The summed E-state index contributed by atoms with van der Waals surface area (Å²) in [4.78, 5) is 4.57. The average Bonchev–Trinajstić information content (AvgIpc) is 3.00. The van der Waals surface area contributed by atoms with Crippen LogP contribution >= 0.6 is 0 Å². The third-order valence-corrected chi connectivity index (χ3v) is 10.6. The van der Waals surface area contributed by atoms with E-state index >= 15 is 0 Å². The molecule has 158 valence electrons. The molecule has 4 aliphatic carbocycles.